The van der Waals surface area contributed by atoms with E-state index in [9.17, 15) is 4.79 Å². The lowest BCUT2D eigenvalue weighted by atomic mass is 9.75. The average molecular weight is 182 g/mol. The molecule has 74 valence electrons. The molecule has 1 aliphatic carbocycles. The molecular weight excluding hydrogens is 164 g/mol. The van der Waals surface area contributed by atoms with Gasteiger partial charge in [-0.1, -0.05) is 6.92 Å². The van der Waals surface area contributed by atoms with E-state index in [1.807, 2.05) is 4.90 Å². The monoisotopic (exact) mass is 182 g/mol. The van der Waals surface area contributed by atoms with Gasteiger partial charge in [0.25, 0.3) is 0 Å². The molecule has 2 rings (SSSR count). The van der Waals surface area contributed by atoms with Gasteiger partial charge in [-0.25, -0.2) is 0 Å². The molecule has 1 heterocycles. The number of nitrogens with zero attached hydrogens (tertiary/aromatic N) is 1. The minimum Gasteiger partial charge on any atom is -0.341 e. The van der Waals surface area contributed by atoms with E-state index < -0.39 is 0 Å². The summed E-state index contributed by atoms with van der Waals surface area (Å²) < 4.78 is 0. The molecule has 3 heteroatoms. The Hall–Kier alpha value is -0.570. The molecule has 1 amide bonds. The third kappa shape index (κ3) is 1.70. The first kappa shape index (κ1) is 9.00. The molecule has 1 aliphatic heterocycles. The third-order valence-electron chi connectivity index (χ3n) is 3.26. The van der Waals surface area contributed by atoms with Crippen LogP contribution in [-0.2, 0) is 4.79 Å². The summed E-state index contributed by atoms with van der Waals surface area (Å²) >= 11 is 0. The van der Waals surface area contributed by atoms with Gasteiger partial charge in [-0.3, -0.25) is 4.79 Å². The molecule has 2 aliphatic rings. The van der Waals surface area contributed by atoms with Gasteiger partial charge in [0.2, 0.25) is 5.91 Å². The summed E-state index contributed by atoms with van der Waals surface area (Å²) in [6.07, 6.45) is 3.16. The summed E-state index contributed by atoms with van der Waals surface area (Å²) in [5.74, 6) is 1.43. The van der Waals surface area contributed by atoms with Crippen molar-refractivity contribution in [3.05, 3.63) is 0 Å². The molecule has 13 heavy (non-hydrogen) atoms. The van der Waals surface area contributed by atoms with E-state index >= 15 is 0 Å². The smallest absolute Gasteiger partial charge is 0.225 e. The van der Waals surface area contributed by atoms with Crippen LogP contribution in [0.1, 0.15) is 26.2 Å². The number of hydrogen-bond donors (Lipinski definition) is 1. The Labute approximate surface area is 79.3 Å². The summed E-state index contributed by atoms with van der Waals surface area (Å²) in [7, 11) is 0. The van der Waals surface area contributed by atoms with Crippen molar-refractivity contribution in [1.82, 2.24) is 4.90 Å². The van der Waals surface area contributed by atoms with Crippen molar-refractivity contribution < 1.29 is 4.79 Å². The summed E-state index contributed by atoms with van der Waals surface area (Å²) in [5.41, 5.74) is 5.76. The van der Waals surface area contributed by atoms with Crippen molar-refractivity contribution in [3.63, 3.8) is 0 Å². The van der Waals surface area contributed by atoms with Crippen molar-refractivity contribution in [1.29, 1.82) is 0 Å². The van der Waals surface area contributed by atoms with Crippen molar-refractivity contribution in [2.24, 2.45) is 17.6 Å². The van der Waals surface area contributed by atoms with Crippen LogP contribution >= 0.6 is 0 Å². The maximum Gasteiger partial charge on any atom is 0.225 e. The number of nitrogens with two attached hydrogens (primary N) is 1. The highest BCUT2D eigenvalue weighted by Crippen LogP contribution is 2.34. The molecule has 0 aromatic carbocycles. The molecule has 1 saturated heterocycles. The van der Waals surface area contributed by atoms with Crippen molar-refractivity contribution >= 4 is 5.91 Å². The van der Waals surface area contributed by atoms with Crippen LogP contribution in [-0.4, -0.2) is 29.9 Å². The van der Waals surface area contributed by atoms with Crippen LogP contribution in [0.4, 0.5) is 0 Å². The van der Waals surface area contributed by atoms with Crippen molar-refractivity contribution in [2.75, 3.05) is 13.1 Å². The van der Waals surface area contributed by atoms with E-state index in [1.165, 1.54) is 0 Å². The maximum absolute atomic E-state index is 11.8. The Kier molecular flexibility index (Phi) is 2.28. The highest BCUT2D eigenvalue weighted by Gasteiger charge is 2.36. The molecular formula is C10H18N2O. The van der Waals surface area contributed by atoms with E-state index in [-0.39, 0.29) is 6.04 Å². The highest BCUT2D eigenvalue weighted by atomic mass is 16.2. The molecule has 0 bridgehead atoms. The summed E-state index contributed by atoms with van der Waals surface area (Å²) in [4.78, 5) is 13.7. The Morgan fingerprint density at radius 2 is 2.15 bits per heavy atom. The molecule has 1 saturated carbocycles. The van der Waals surface area contributed by atoms with Gasteiger partial charge in [-0.15, -0.1) is 0 Å². The fourth-order valence-electron chi connectivity index (χ4n) is 2.35. The highest BCUT2D eigenvalue weighted by molar-refractivity contribution is 5.80. The van der Waals surface area contributed by atoms with E-state index in [2.05, 4.69) is 6.92 Å². The van der Waals surface area contributed by atoms with Crippen LogP contribution in [0.15, 0.2) is 0 Å². The predicted octanol–water partition coefficient (Wildman–Crippen LogP) is 0.592. The zero-order chi connectivity index (χ0) is 9.42. The Morgan fingerprint density at radius 1 is 1.46 bits per heavy atom. The zero-order valence-corrected chi connectivity index (χ0v) is 8.20. The second kappa shape index (κ2) is 3.29. The van der Waals surface area contributed by atoms with Gasteiger partial charge in [-0.2, -0.15) is 0 Å². The minimum atomic E-state index is 0.224. The molecule has 0 spiro atoms. The normalized spacial score (nSPS) is 38.9. The van der Waals surface area contributed by atoms with Crippen molar-refractivity contribution in [3.8, 4) is 0 Å². The van der Waals surface area contributed by atoms with Crippen LogP contribution in [0.25, 0.3) is 0 Å². The van der Waals surface area contributed by atoms with E-state index in [0.29, 0.717) is 11.8 Å². The number of hydrogen-bond acceptors (Lipinski definition) is 2. The molecule has 1 atom stereocenters. The first-order chi connectivity index (χ1) is 6.16. The fraction of sp³-hybridized carbons (Fsp3) is 0.900. The Bertz CT molecular complexity index is 211. The second-order valence-corrected chi connectivity index (χ2v) is 4.61. The van der Waals surface area contributed by atoms with Gasteiger partial charge >= 0.3 is 0 Å². The lowest BCUT2D eigenvalue weighted by Gasteiger charge is -2.34. The lowest BCUT2D eigenvalue weighted by Crippen LogP contribution is -2.41. The molecule has 2 fully saturated rings. The summed E-state index contributed by atoms with van der Waals surface area (Å²) in [6.45, 7) is 3.87. The maximum atomic E-state index is 11.8. The van der Waals surface area contributed by atoms with Gasteiger partial charge < -0.3 is 10.6 Å². The molecule has 1 unspecified atom stereocenters. The van der Waals surface area contributed by atoms with Crippen LogP contribution < -0.4 is 5.73 Å². The number of amides is 1. The van der Waals surface area contributed by atoms with E-state index in [0.717, 1.165) is 38.3 Å². The first-order valence-corrected chi connectivity index (χ1v) is 5.21. The standard InChI is InChI=1S/C10H18N2O/c1-7-4-8(5-7)10(13)12-3-2-9(11)6-12/h7-9H,2-6,11H2,1H3. The van der Waals surface area contributed by atoms with E-state index in [4.69, 9.17) is 5.73 Å². The van der Waals surface area contributed by atoms with Gasteiger partial charge in [0.15, 0.2) is 0 Å². The summed E-state index contributed by atoms with van der Waals surface area (Å²) in [6, 6.07) is 0.224. The fourth-order valence-corrected chi connectivity index (χ4v) is 2.35. The third-order valence-corrected chi connectivity index (χ3v) is 3.26. The SMILES string of the molecule is CC1CC(C(=O)N2CCC(N)C2)C1. The van der Waals surface area contributed by atoms with Crippen LogP contribution in [0.2, 0.25) is 0 Å². The Balaban J connectivity index is 1.84. The topological polar surface area (TPSA) is 46.3 Å². The molecule has 3 nitrogen and oxygen atoms in total. The van der Waals surface area contributed by atoms with Gasteiger partial charge in [0.1, 0.15) is 0 Å². The minimum absolute atomic E-state index is 0.224. The molecule has 2 N–H and O–H groups in total. The summed E-state index contributed by atoms with van der Waals surface area (Å²) in [5, 5.41) is 0. The quantitative estimate of drug-likeness (QED) is 0.645. The average Bonchev–Trinajstić information content (AvgIpc) is 2.45. The number of carbonyl (C=O) groups excluding carboxylic acids is 1. The zero-order valence-electron chi connectivity index (χ0n) is 8.20. The first-order valence-electron chi connectivity index (χ1n) is 5.21. The van der Waals surface area contributed by atoms with Crippen molar-refractivity contribution in [2.45, 2.75) is 32.2 Å². The second-order valence-electron chi connectivity index (χ2n) is 4.61. The number of carbonyl (C=O) groups is 1. The van der Waals surface area contributed by atoms with Gasteiger partial charge in [0, 0.05) is 25.0 Å². The predicted molar refractivity (Wildman–Crippen MR) is 51.1 cm³/mol. The van der Waals surface area contributed by atoms with Crippen LogP contribution in [0.5, 0.6) is 0 Å². The number of rotatable bonds is 1. The largest absolute Gasteiger partial charge is 0.341 e. The lowest BCUT2D eigenvalue weighted by molar-refractivity contribution is -0.138. The number of likely N-dealkylation sites (tertiary alicyclic amines) is 1. The van der Waals surface area contributed by atoms with Crippen LogP contribution in [0.3, 0.4) is 0 Å². The van der Waals surface area contributed by atoms with Gasteiger partial charge in [0.05, 0.1) is 0 Å². The molecule has 0 aromatic rings. The molecule has 0 aromatic heterocycles. The van der Waals surface area contributed by atoms with Gasteiger partial charge in [-0.05, 0) is 25.2 Å². The Morgan fingerprint density at radius 3 is 2.62 bits per heavy atom. The molecule has 0 radical (unpaired) electrons. The van der Waals surface area contributed by atoms with Crippen LogP contribution in [0, 0.1) is 11.8 Å². The van der Waals surface area contributed by atoms with E-state index in [1.54, 1.807) is 0 Å².